The molecular formula is C31H58. The first-order valence-corrected chi connectivity index (χ1v) is 15.0. The fourth-order valence-corrected chi connectivity index (χ4v) is 8.77. The molecule has 0 aromatic heterocycles. The van der Waals surface area contributed by atoms with E-state index in [2.05, 4.69) is 34.6 Å². The summed E-state index contributed by atoms with van der Waals surface area (Å²) in [6.45, 7) is 12.1. The van der Waals surface area contributed by atoms with Crippen molar-refractivity contribution in [2.75, 3.05) is 0 Å². The minimum absolute atomic E-state index is 1.00. The van der Waals surface area contributed by atoms with Gasteiger partial charge in [0.25, 0.3) is 0 Å². The van der Waals surface area contributed by atoms with E-state index in [1.54, 1.807) is 44.9 Å². The number of hydrogen-bond acceptors (Lipinski definition) is 0. The van der Waals surface area contributed by atoms with Gasteiger partial charge in [0.15, 0.2) is 0 Å². The van der Waals surface area contributed by atoms with Gasteiger partial charge in [0.1, 0.15) is 0 Å². The summed E-state index contributed by atoms with van der Waals surface area (Å²) in [5.41, 5.74) is 0. The van der Waals surface area contributed by atoms with Crippen molar-refractivity contribution in [3.63, 3.8) is 0 Å². The van der Waals surface area contributed by atoms with Crippen LogP contribution in [0.15, 0.2) is 0 Å². The molecule has 0 aliphatic heterocycles. The Morgan fingerprint density at radius 1 is 0.613 bits per heavy atom. The number of unbranched alkanes of at least 4 members (excludes halogenated alkanes) is 1. The molecule has 182 valence electrons. The highest BCUT2D eigenvalue weighted by atomic mass is 14.5. The Kier molecular flexibility index (Phi) is 10.8. The van der Waals surface area contributed by atoms with Gasteiger partial charge >= 0.3 is 0 Å². The Hall–Kier alpha value is 0. The van der Waals surface area contributed by atoms with Crippen molar-refractivity contribution < 1.29 is 0 Å². The van der Waals surface area contributed by atoms with Crippen molar-refractivity contribution in [1.29, 1.82) is 0 Å². The van der Waals surface area contributed by atoms with Gasteiger partial charge in [0.2, 0.25) is 0 Å². The molecule has 0 heterocycles. The smallest absolute Gasteiger partial charge is 0.0324 e. The molecule has 4 fully saturated rings. The molecule has 4 aliphatic carbocycles. The first kappa shape index (κ1) is 25.6. The van der Waals surface area contributed by atoms with Gasteiger partial charge in [-0.2, -0.15) is 0 Å². The van der Waals surface area contributed by atoms with Gasteiger partial charge in [0.05, 0.1) is 0 Å². The standard InChI is InChI=1S/C20H36.C11H22/c1-3-4-12-18-15(2)14-17-11-8-13-19(17)20(18)16-9-6-5-7-10-16;1-4-5-11-8-9(2)6-7-10(11)3/h15-20H,3-14H2,1-2H3;9-11H,4-8H2,1-3H3. The lowest BCUT2D eigenvalue weighted by Gasteiger charge is -2.49. The van der Waals surface area contributed by atoms with E-state index < -0.39 is 0 Å². The summed E-state index contributed by atoms with van der Waals surface area (Å²) >= 11 is 0. The molecule has 0 aromatic rings. The quantitative estimate of drug-likeness (QED) is 0.393. The van der Waals surface area contributed by atoms with Crippen LogP contribution in [0, 0.1) is 53.3 Å². The molecule has 8 atom stereocenters. The second-order valence-corrected chi connectivity index (χ2v) is 12.8. The van der Waals surface area contributed by atoms with Crippen LogP contribution in [-0.4, -0.2) is 0 Å². The van der Waals surface area contributed by atoms with Crippen LogP contribution in [0.1, 0.15) is 144 Å². The molecule has 0 N–H and O–H groups in total. The molecule has 0 aromatic carbocycles. The molecule has 31 heavy (non-hydrogen) atoms. The van der Waals surface area contributed by atoms with Crippen LogP contribution in [0.25, 0.3) is 0 Å². The summed E-state index contributed by atoms with van der Waals surface area (Å²) in [6, 6.07) is 0. The zero-order valence-corrected chi connectivity index (χ0v) is 22.2. The highest BCUT2D eigenvalue weighted by Gasteiger charge is 2.47. The second-order valence-electron chi connectivity index (χ2n) is 12.8. The van der Waals surface area contributed by atoms with Gasteiger partial charge in [0, 0.05) is 0 Å². The van der Waals surface area contributed by atoms with Crippen molar-refractivity contribution in [1.82, 2.24) is 0 Å². The van der Waals surface area contributed by atoms with E-state index >= 15 is 0 Å². The van der Waals surface area contributed by atoms with E-state index in [1.807, 2.05) is 0 Å². The molecule has 0 saturated heterocycles. The van der Waals surface area contributed by atoms with Crippen LogP contribution < -0.4 is 0 Å². The molecule has 0 heteroatoms. The summed E-state index contributed by atoms with van der Waals surface area (Å²) in [6.07, 6.45) is 25.7. The molecule has 0 radical (unpaired) electrons. The lowest BCUT2D eigenvalue weighted by Crippen LogP contribution is -2.41. The van der Waals surface area contributed by atoms with Crippen LogP contribution >= 0.6 is 0 Å². The number of rotatable bonds is 6. The predicted molar refractivity (Wildman–Crippen MR) is 138 cm³/mol. The molecule has 0 bridgehead atoms. The van der Waals surface area contributed by atoms with Crippen molar-refractivity contribution >= 4 is 0 Å². The van der Waals surface area contributed by atoms with Gasteiger partial charge in [-0.1, -0.05) is 118 Å². The topological polar surface area (TPSA) is 0 Å². The average molecular weight is 431 g/mol. The third-order valence-corrected chi connectivity index (χ3v) is 10.5. The highest BCUT2D eigenvalue weighted by Crippen LogP contribution is 2.55. The monoisotopic (exact) mass is 430 g/mol. The predicted octanol–water partition coefficient (Wildman–Crippen LogP) is 10.3. The fraction of sp³-hybridized carbons (Fsp3) is 1.00. The van der Waals surface area contributed by atoms with Crippen molar-refractivity contribution in [2.24, 2.45) is 53.3 Å². The molecule has 0 spiro atoms. The third kappa shape index (κ3) is 6.99. The lowest BCUT2D eigenvalue weighted by atomic mass is 9.56. The van der Waals surface area contributed by atoms with E-state index in [-0.39, 0.29) is 0 Å². The average Bonchev–Trinajstić information content (AvgIpc) is 3.23. The maximum Gasteiger partial charge on any atom is -0.0324 e. The fourth-order valence-electron chi connectivity index (χ4n) is 8.77. The van der Waals surface area contributed by atoms with Crippen LogP contribution in [-0.2, 0) is 0 Å². The molecule has 4 saturated carbocycles. The van der Waals surface area contributed by atoms with E-state index in [1.165, 1.54) is 64.2 Å². The molecular weight excluding hydrogens is 372 g/mol. The first-order valence-electron chi connectivity index (χ1n) is 15.0. The second kappa shape index (κ2) is 13.0. The molecule has 8 unspecified atom stereocenters. The molecule has 0 nitrogen and oxygen atoms in total. The molecule has 4 aliphatic rings. The molecule has 4 rings (SSSR count). The summed E-state index contributed by atoms with van der Waals surface area (Å²) in [7, 11) is 0. The zero-order valence-electron chi connectivity index (χ0n) is 22.2. The summed E-state index contributed by atoms with van der Waals surface area (Å²) < 4.78 is 0. The van der Waals surface area contributed by atoms with Crippen LogP contribution in [0.4, 0.5) is 0 Å². The molecule has 0 amide bonds. The SMILES string of the molecule is CCCC1CC(C)CCC1C.CCCCC1C(C)CC2CCCC2C1C1CCCCC1. The summed E-state index contributed by atoms with van der Waals surface area (Å²) in [5, 5.41) is 0. The van der Waals surface area contributed by atoms with Gasteiger partial charge in [-0.3, -0.25) is 0 Å². The highest BCUT2D eigenvalue weighted by molar-refractivity contribution is 4.96. The maximum absolute atomic E-state index is 2.60. The Morgan fingerprint density at radius 2 is 1.35 bits per heavy atom. The lowest BCUT2D eigenvalue weighted by molar-refractivity contribution is 0.00254. The summed E-state index contributed by atoms with van der Waals surface area (Å²) in [5.74, 6) is 9.64. The zero-order chi connectivity index (χ0) is 22.2. The van der Waals surface area contributed by atoms with Crippen LogP contribution in [0.3, 0.4) is 0 Å². The Bertz CT molecular complexity index is 474. The normalized spacial score (nSPS) is 41.3. The van der Waals surface area contributed by atoms with E-state index in [0.717, 1.165) is 53.3 Å². The van der Waals surface area contributed by atoms with Gasteiger partial charge in [-0.15, -0.1) is 0 Å². The van der Waals surface area contributed by atoms with Crippen LogP contribution in [0.5, 0.6) is 0 Å². The van der Waals surface area contributed by atoms with Gasteiger partial charge in [-0.05, 0) is 78.9 Å². The minimum atomic E-state index is 1.00. The van der Waals surface area contributed by atoms with Crippen molar-refractivity contribution in [2.45, 2.75) is 144 Å². The van der Waals surface area contributed by atoms with E-state index in [4.69, 9.17) is 0 Å². The number of fused-ring (bicyclic) bond motifs is 1. The Balaban J connectivity index is 0.000000210. The van der Waals surface area contributed by atoms with Gasteiger partial charge in [-0.25, -0.2) is 0 Å². The summed E-state index contributed by atoms with van der Waals surface area (Å²) in [4.78, 5) is 0. The van der Waals surface area contributed by atoms with E-state index in [9.17, 15) is 0 Å². The first-order chi connectivity index (χ1) is 15.0. The largest absolute Gasteiger partial charge is 0.0654 e. The maximum atomic E-state index is 2.60. The minimum Gasteiger partial charge on any atom is -0.0654 e. The third-order valence-electron chi connectivity index (χ3n) is 10.5. The van der Waals surface area contributed by atoms with Crippen LogP contribution in [0.2, 0.25) is 0 Å². The Morgan fingerprint density at radius 3 is 2.06 bits per heavy atom. The Labute approximate surface area is 197 Å². The van der Waals surface area contributed by atoms with Gasteiger partial charge < -0.3 is 0 Å². The van der Waals surface area contributed by atoms with E-state index in [0.29, 0.717) is 0 Å². The number of hydrogen-bond donors (Lipinski definition) is 0. The van der Waals surface area contributed by atoms with Crippen molar-refractivity contribution in [3.05, 3.63) is 0 Å². The van der Waals surface area contributed by atoms with Crippen molar-refractivity contribution in [3.8, 4) is 0 Å².